The summed E-state index contributed by atoms with van der Waals surface area (Å²) in [6.45, 7) is 0.369. The molecule has 0 aliphatic carbocycles. The highest BCUT2D eigenvalue weighted by Crippen LogP contribution is 2.34. The largest absolute Gasteiger partial charge is 0.377 e. The molecule has 2 rings (SSSR count). The number of nitrogens with two attached hydrogens (primary N) is 1. The third-order valence-electron chi connectivity index (χ3n) is 2.46. The monoisotopic (exact) mass is 296 g/mol. The van der Waals surface area contributed by atoms with E-state index in [1.165, 1.54) is 11.3 Å². The van der Waals surface area contributed by atoms with E-state index in [4.69, 9.17) is 10.5 Å². The quantitative estimate of drug-likeness (QED) is 0.448. The minimum atomic E-state index is -0.556. The number of nitrogens with zero attached hydrogens (tertiary/aromatic N) is 2. The first-order chi connectivity index (χ1) is 9.59. The van der Waals surface area contributed by atoms with E-state index in [9.17, 15) is 14.9 Å². The fourth-order valence-corrected chi connectivity index (χ4v) is 2.35. The predicted molar refractivity (Wildman–Crippen MR) is 74.8 cm³/mol. The van der Waals surface area contributed by atoms with E-state index in [1.807, 2.05) is 0 Å². The second kappa shape index (κ2) is 6.26. The van der Waals surface area contributed by atoms with Crippen molar-refractivity contribution in [2.75, 3.05) is 25.1 Å². The molecular formula is C11H12N4O4S. The lowest BCUT2D eigenvalue weighted by Crippen LogP contribution is -2.20. The molecule has 0 radical (unpaired) electrons. The number of hydrogen-bond acceptors (Lipinski definition) is 7. The molecule has 1 amide bonds. The van der Waals surface area contributed by atoms with Crippen LogP contribution in [0.4, 0.5) is 11.4 Å². The summed E-state index contributed by atoms with van der Waals surface area (Å²) < 4.78 is 5.73. The number of ether oxygens (including phenoxy) is 1. The van der Waals surface area contributed by atoms with Crippen LogP contribution < -0.4 is 11.1 Å². The van der Waals surface area contributed by atoms with Crippen molar-refractivity contribution in [3.8, 4) is 0 Å². The van der Waals surface area contributed by atoms with Crippen molar-refractivity contribution in [3.63, 3.8) is 0 Å². The van der Waals surface area contributed by atoms with Gasteiger partial charge in [0.15, 0.2) is 5.52 Å². The molecule has 0 bridgehead atoms. The zero-order valence-corrected chi connectivity index (χ0v) is 11.2. The molecule has 3 N–H and O–H groups in total. The van der Waals surface area contributed by atoms with Crippen LogP contribution in [0.3, 0.4) is 0 Å². The molecule has 0 fully saturated rings. The van der Waals surface area contributed by atoms with Gasteiger partial charge in [0.05, 0.1) is 21.7 Å². The van der Waals surface area contributed by atoms with Crippen LogP contribution in [-0.2, 0) is 9.53 Å². The van der Waals surface area contributed by atoms with Gasteiger partial charge in [-0.1, -0.05) is 0 Å². The van der Waals surface area contributed by atoms with Crippen LogP contribution in [0.15, 0.2) is 17.6 Å². The van der Waals surface area contributed by atoms with Gasteiger partial charge in [0, 0.05) is 6.54 Å². The van der Waals surface area contributed by atoms with Crippen molar-refractivity contribution in [3.05, 3.63) is 27.8 Å². The minimum absolute atomic E-state index is 0.0568. The number of carbonyl (C=O) groups is 1. The molecule has 0 aliphatic rings. The first-order valence-corrected chi connectivity index (χ1v) is 6.58. The smallest absolute Gasteiger partial charge is 0.319 e. The number of carbonyl (C=O) groups excluding carboxylic acids is 1. The van der Waals surface area contributed by atoms with Crippen LogP contribution in [0.5, 0.6) is 0 Å². The number of aromatic nitrogens is 1. The van der Waals surface area contributed by atoms with Gasteiger partial charge < -0.3 is 15.8 Å². The van der Waals surface area contributed by atoms with Crippen molar-refractivity contribution >= 4 is 38.8 Å². The number of nitrogens with one attached hydrogen (secondary N) is 1. The molecule has 0 aliphatic heterocycles. The average molecular weight is 296 g/mol. The number of thiazole rings is 1. The maximum atomic E-state index is 11.1. The van der Waals surface area contributed by atoms with Gasteiger partial charge in [-0.3, -0.25) is 14.9 Å². The predicted octanol–water partition coefficient (Wildman–Crippen LogP) is 1.12. The van der Waals surface area contributed by atoms with Crippen LogP contribution in [0.1, 0.15) is 0 Å². The molecule has 0 saturated heterocycles. The number of rotatable bonds is 7. The Morgan fingerprint density at radius 2 is 2.35 bits per heavy atom. The average Bonchev–Trinajstić information content (AvgIpc) is 2.85. The van der Waals surface area contributed by atoms with Crippen molar-refractivity contribution in [1.29, 1.82) is 0 Å². The number of amides is 1. The fourth-order valence-electron chi connectivity index (χ4n) is 1.67. The number of nitro benzene ring substituents is 1. The van der Waals surface area contributed by atoms with E-state index < -0.39 is 10.8 Å². The summed E-state index contributed by atoms with van der Waals surface area (Å²) in [5.74, 6) is -0.556. The first-order valence-electron chi connectivity index (χ1n) is 5.70. The molecule has 9 heteroatoms. The van der Waals surface area contributed by atoms with Crippen molar-refractivity contribution in [1.82, 2.24) is 4.98 Å². The lowest BCUT2D eigenvalue weighted by molar-refractivity contribution is -0.382. The highest BCUT2D eigenvalue weighted by atomic mass is 32.1. The summed E-state index contributed by atoms with van der Waals surface area (Å²) in [6.07, 6.45) is 0. The Bertz CT molecular complexity index is 642. The zero-order valence-electron chi connectivity index (χ0n) is 10.4. The number of fused-ring (bicyclic) bond motifs is 1. The second-order valence-corrected chi connectivity index (χ2v) is 4.75. The molecule has 1 heterocycles. The second-order valence-electron chi connectivity index (χ2n) is 3.86. The maximum absolute atomic E-state index is 11.1. The Labute approximate surface area is 117 Å². The molecule has 0 atom stereocenters. The van der Waals surface area contributed by atoms with Gasteiger partial charge in [-0.2, -0.15) is 0 Å². The molecule has 1 aromatic carbocycles. The lowest BCUT2D eigenvalue weighted by Gasteiger charge is -2.07. The van der Waals surface area contributed by atoms with Crippen LogP contribution in [0.25, 0.3) is 10.2 Å². The number of primary amides is 1. The summed E-state index contributed by atoms with van der Waals surface area (Å²) in [7, 11) is 0. The number of anilines is 1. The Morgan fingerprint density at radius 3 is 3.05 bits per heavy atom. The maximum Gasteiger partial charge on any atom is 0.319 e. The summed E-state index contributed by atoms with van der Waals surface area (Å²) >= 11 is 1.34. The molecule has 0 spiro atoms. The van der Waals surface area contributed by atoms with Gasteiger partial charge in [0.2, 0.25) is 5.91 Å². The molecule has 20 heavy (non-hydrogen) atoms. The van der Waals surface area contributed by atoms with E-state index in [2.05, 4.69) is 10.3 Å². The van der Waals surface area contributed by atoms with Crippen LogP contribution in [-0.4, -0.2) is 35.6 Å². The summed E-state index contributed by atoms with van der Waals surface area (Å²) in [5.41, 5.74) is 7.16. The third-order valence-corrected chi connectivity index (χ3v) is 3.26. The van der Waals surface area contributed by atoms with Gasteiger partial charge >= 0.3 is 5.69 Å². The molecule has 106 valence electrons. The van der Waals surface area contributed by atoms with Gasteiger partial charge in [0.25, 0.3) is 0 Å². The fraction of sp³-hybridized carbons (Fsp3) is 0.273. The van der Waals surface area contributed by atoms with Crippen LogP contribution in [0, 0.1) is 10.1 Å². The summed E-state index contributed by atoms with van der Waals surface area (Å²) in [5, 5.41) is 14.0. The first kappa shape index (κ1) is 14.2. The van der Waals surface area contributed by atoms with Gasteiger partial charge in [-0.05, 0) is 12.1 Å². The van der Waals surface area contributed by atoms with E-state index in [0.717, 1.165) is 4.70 Å². The van der Waals surface area contributed by atoms with Gasteiger partial charge in [-0.25, -0.2) is 4.98 Å². The highest BCUT2D eigenvalue weighted by Gasteiger charge is 2.20. The Hall–Kier alpha value is -2.26. The molecular weight excluding hydrogens is 284 g/mol. The van der Waals surface area contributed by atoms with Crippen molar-refractivity contribution < 1.29 is 14.5 Å². The molecule has 2 aromatic rings. The number of hydrogen-bond donors (Lipinski definition) is 2. The zero-order chi connectivity index (χ0) is 14.5. The minimum Gasteiger partial charge on any atom is -0.377 e. The highest BCUT2D eigenvalue weighted by molar-refractivity contribution is 7.16. The molecule has 8 nitrogen and oxygen atoms in total. The van der Waals surface area contributed by atoms with Crippen molar-refractivity contribution in [2.24, 2.45) is 5.73 Å². The van der Waals surface area contributed by atoms with E-state index in [0.29, 0.717) is 17.7 Å². The lowest BCUT2D eigenvalue weighted by atomic mass is 10.2. The molecule has 0 unspecified atom stereocenters. The summed E-state index contributed by atoms with van der Waals surface area (Å²) in [6, 6.07) is 3.40. The topological polar surface area (TPSA) is 120 Å². The Kier molecular flexibility index (Phi) is 4.43. The van der Waals surface area contributed by atoms with Crippen molar-refractivity contribution in [2.45, 2.75) is 0 Å². The number of nitro groups is 1. The third kappa shape index (κ3) is 3.19. The standard InChI is InChI=1S/C11H12N4O4S/c12-9(16)5-19-4-3-13-7-1-2-8-10(14-6-20-8)11(7)15(17)18/h1-2,6,13H,3-5H2,(H2,12,16). The molecule has 1 aromatic heterocycles. The molecule has 0 saturated carbocycles. The van der Waals surface area contributed by atoms with E-state index >= 15 is 0 Å². The Balaban J connectivity index is 2.07. The van der Waals surface area contributed by atoms with Crippen LogP contribution in [0.2, 0.25) is 0 Å². The van der Waals surface area contributed by atoms with Crippen LogP contribution >= 0.6 is 11.3 Å². The Morgan fingerprint density at radius 1 is 1.55 bits per heavy atom. The van der Waals surface area contributed by atoms with Gasteiger partial charge in [-0.15, -0.1) is 11.3 Å². The van der Waals surface area contributed by atoms with E-state index in [1.54, 1.807) is 17.6 Å². The van der Waals surface area contributed by atoms with E-state index in [-0.39, 0.29) is 18.9 Å². The van der Waals surface area contributed by atoms with Gasteiger partial charge in [0.1, 0.15) is 12.3 Å². The normalized spacial score (nSPS) is 10.6. The summed E-state index contributed by atoms with van der Waals surface area (Å²) in [4.78, 5) is 25.2. The number of benzene rings is 1. The SMILES string of the molecule is NC(=O)COCCNc1ccc2scnc2c1[N+](=O)[O-].